The summed E-state index contributed by atoms with van der Waals surface area (Å²) >= 11 is 0. The van der Waals surface area contributed by atoms with Crippen LogP contribution >= 0.6 is 0 Å². The van der Waals surface area contributed by atoms with Gasteiger partial charge in [0, 0.05) is 50.7 Å². The normalized spacial score (nSPS) is 20.8. The number of nitrogens with zero attached hydrogens (tertiary/aromatic N) is 5. The standard InChI is InChI=1S/C22H32N6O/c29-19-9-7-15-28(17-19)20-10-12-24-22(26-20)25-16-18-8-6-11-23-21(18)27-13-4-2-1-3-5-14-27/h6,8,10-12,19,29H,1-5,7,9,13-17H2,(H,24,25,26). The fourth-order valence-electron chi connectivity index (χ4n) is 4.26. The molecule has 156 valence electrons. The lowest BCUT2D eigenvalue weighted by Crippen LogP contribution is -2.38. The van der Waals surface area contributed by atoms with Crippen molar-refractivity contribution >= 4 is 17.6 Å². The van der Waals surface area contributed by atoms with Crippen LogP contribution in [0.4, 0.5) is 17.6 Å². The third-order valence-electron chi connectivity index (χ3n) is 5.82. The molecule has 2 aliphatic rings. The first kappa shape index (κ1) is 19.9. The van der Waals surface area contributed by atoms with Crippen LogP contribution in [-0.2, 0) is 6.54 Å². The Kier molecular flexibility index (Phi) is 6.77. The number of β-amino-alcohol motifs (C(OH)–C–C–N with tert-alkyl or cyclic N) is 1. The van der Waals surface area contributed by atoms with Gasteiger partial charge in [-0.15, -0.1) is 0 Å². The second kappa shape index (κ2) is 9.87. The molecular formula is C22H32N6O. The Morgan fingerprint density at radius 3 is 2.55 bits per heavy atom. The van der Waals surface area contributed by atoms with E-state index in [0.29, 0.717) is 19.0 Å². The van der Waals surface area contributed by atoms with E-state index in [9.17, 15) is 5.11 Å². The molecule has 0 aromatic carbocycles. The van der Waals surface area contributed by atoms with Crippen LogP contribution in [0.15, 0.2) is 30.6 Å². The maximum Gasteiger partial charge on any atom is 0.224 e. The van der Waals surface area contributed by atoms with Crippen LogP contribution < -0.4 is 15.1 Å². The van der Waals surface area contributed by atoms with E-state index in [0.717, 1.165) is 44.1 Å². The van der Waals surface area contributed by atoms with Crippen molar-refractivity contribution in [2.45, 2.75) is 57.6 Å². The van der Waals surface area contributed by atoms with E-state index in [1.165, 1.54) is 37.7 Å². The van der Waals surface area contributed by atoms with Gasteiger partial charge in [-0.1, -0.05) is 25.3 Å². The van der Waals surface area contributed by atoms with E-state index < -0.39 is 0 Å². The summed E-state index contributed by atoms with van der Waals surface area (Å²) in [6.45, 7) is 4.36. The fraction of sp³-hybridized carbons (Fsp3) is 0.591. The molecule has 4 rings (SSSR count). The number of pyridine rings is 1. The highest BCUT2D eigenvalue weighted by Crippen LogP contribution is 2.23. The number of anilines is 3. The minimum Gasteiger partial charge on any atom is -0.391 e. The number of hydrogen-bond donors (Lipinski definition) is 2. The molecule has 29 heavy (non-hydrogen) atoms. The first-order valence-electron chi connectivity index (χ1n) is 11.0. The van der Waals surface area contributed by atoms with Gasteiger partial charge in [0.05, 0.1) is 6.10 Å². The van der Waals surface area contributed by atoms with Crippen LogP contribution in [0.5, 0.6) is 0 Å². The number of nitrogens with one attached hydrogen (secondary N) is 1. The quantitative estimate of drug-likeness (QED) is 0.803. The van der Waals surface area contributed by atoms with Crippen molar-refractivity contribution in [2.75, 3.05) is 41.3 Å². The molecule has 1 atom stereocenters. The Morgan fingerprint density at radius 2 is 1.72 bits per heavy atom. The molecule has 2 N–H and O–H groups in total. The molecule has 0 saturated carbocycles. The summed E-state index contributed by atoms with van der Waals surface area (Å²) in [7, 11) is 0. The smallest absolute Gasteiger partial charge is 0.224 e. The molecule has 2 aromatic rings. The number of piperidine rings is 1. The SMILES string of the molecule is OC1CCCN(c2ccnc(NCc3cccnc3N3CCCCCCC3)n2)C1. The predicted octanol–water partition coefficient (Wildman–Crippen LogP) is 3.22. The number of aliphatic hydroxyl groups excluding tert-OH is 1. The number of aliphatic hydroxyl groups is 1. The Bertz CT molecular complexity index is 777. The van der Waals surface area contributed by atoms with Crippen molar-refractivity contribution in [3.8, 4) is 0 Å². The Morgan fingerprint density at radius 1 is 0.931 bits per heavy atom. The third-order valence-corrected chi connectivity index (χ3v) is 5.82. The third kappa shape index (κ3) is 5.35. The second-order valence-electron chi connectivity index (χ2n) is 8.08. The largest absolute Gasteiger partial charge is 0.391 e. The zero-order valence-corrected chi connectivity index (χ0v) is 17.1. The molecule has 0 spiro atoms. The molecule has 0 aliphatic carbocycles. The van der Waals surface area contributed by atoms with Crippen molar-refractivity contribution in [2.24, 2.45) is 0 Å². The van der Waals surface area contributed by atoms with E-state index in [4.69, 9.17) is 4.98 Å². The van der Waals surface area contributed by atoms with Crippen LogP contribution in [0.3, 0.4) is 0 Å². The average molecular weight is 397 g/mol. The van der Waals surface area contributed by atoms with E-state index in [-0.39, 0.29) is 6.10 Å². The first-order chi connectivity index (χ1) is 14.3. The van der Waals surface area contributed by atoms with E-state index >= 15 is 0 Å². The zero-order chi connectivity index (χ0) is 19.9. The molecule has 1 unspecified atom stereocenters. The maximum atomic E-state index is 9.94. The van der Waals surface area contributed by atoms with Crippen molar-refractivity contribution in [1.82, 2.24) is 15.0 Å². The zero-order valence-electron chi connectivity index (χ0n) is 17.1. The first-order valence-corrected chi connectivity index (χ1v) is 11.0. The lowest BCUT2D eigenvalue weighted by atomic mass is 10.1. The Hall–Kier alpha value is -2.41. The van der Waals surface area contributed by atoms with Crippen LogP contribution in [0.25, 0.3) is 0 Å². The van der Waals surface area contributed by atoms with Crippen molar-refractivity contribution in [3.05, 3.63) is 36.2 Å². The maximum absolute atomic E-state index is 9.94. The molecule has 7 nitrogen and oxygen atoms in total. The van der Waals surface area contributed by atoms with Gasteiger partial charge in [-0.2, -0.15) is 4.98 Å². The Labute approximate surface area is 173 Å². The van der Waals surface area contributed by atoms with Crippen molar-refractivity contribution in [3.63, 3.8) is 0 Å². The van der Waals surface area contributed by atoms with E-state index in [2.05, 4.69) is 31.2 Å². The molecule has 2 saturated heterocycles. The molecule has 0 radical (unpaired) electrons. The van der Waals surface area contributed by atoms with E-state index in [1.54, 1.807) is 6.20 Å². The van der Waals surface area contributed by atoms with E-state index in [1.807, 2.05) is 18.3 Å². The molecule has 2 aromatic heterocycles. The van der Waals surface area contributed by atoms with Crippen molar-refractivity contribution < 1.29 is 5.11 Å². The lowest BCUT2D eigenvalue weighted by Gasteiger charge is -2.31. The summed E-state index contributed by atoms with van der Waals surface area (Å²) in [5.41, 5.74) is 1.18. The highest BCUT2D eigenvalue weighted by Gasteiger charge is 2.19. The van der Waals surface area contributed by atoms with Crippen LogP contribution in [0.2, 0.25) is 0 Å². The van der Waals surface area contributed by atoms with Gasteiger partial charge in [-0.05, 0) is 37.8 Å². The highest BCUT2D eigenvalue weighted by molar-refractivity contribution is 5.49. The molecule has 2 fully saturated rings. The average Bonchev–Trinajstić information content (AvgIpc) is 2.73. The molecular weight excluding hydrogens is 364 g/mol. The molecule has 2 aliphatic heterocycles. The molecule has 0 amide bonds. The summed E-state index contributed by atoms with van der Waals surface area (Å²) in [6.07, 6.45) is 11.7. The Balaban J connectivity index is 1.43. The molecule has 4 heterocycles. The molecule has 0 bridgehead atoms. The number of hydrogen-bond acceptors (Lipinski definition) is 7. The van der Waals surface area contributed by atoms with Gasteiger partial charge < -0.3 is 20.2 Å². The van der Waals surface area contributed by atoms with Gasteiger partial charge in [0.2, 0.25) is 5.95 Å². The summed E-state index contributed by atoms with van der Waals surface area (Å²) in [6, 6.07) is 6.05. The highest BCUT2D eigenvalue weighted by atomic mass is 16.3. The van der Waals surface area contributed by atoms with Gasteiger partial charge in [0.1, 0.15) is 11.6 Å². The minimum absolute atomic E-state index is 0.272. The van der Waals surface area contributed by atoms with Crippen LogP contribution in [-0.4, -0.2) is 52.3 Å². The second-order valence-corrected chi connectivity index (χ2v) is 8.08. The summed E-state index contributed by atoms with van der Waals surface area (Å²) in [5, 5.41) is 13.3. The van der Waals surface area contributed by atoms with Gasteiger partial charge in [0.15, 0.2) is 0 Å². The summed E-state index contributed by atoms with van der Waals surface area (Å²) < 4.78 is 0. The van der Waals surface area contributed by atoms with Crippen LogP contribution in [0, 0.1) is 0 Å². The summed E-state index contributed by atoms with van der Waals surface area (Å²) in [5.74, 6) is 2.57. The topological polar surface area (TPSA) is 77.4 Å². The van der Waals surface area contributed by atoms with Gasteiger partial charge in [0.25, 0.3) is 0 Å². The number of rotatable bonds is 5. The van der Waals surface area contributed by atoms with Gasteiger partial charge >= 0.3 is 0 Å². The summed E-state index contributed by atoms with van der Waals surface area (Å²) in [4.78, 5) is 18.3. The lowest BCUT2D eigenvalue weighted by molar-refractivity contribution is 0.154. The van der Waals surface area contributed by atoms with Crippen LogP contribution in [0.1, 0.15) is 50.5 Å². The predicted molar refractivity (Wildman–Crippen MR) is 116 cm³/mol. The van der Waals surface area contributed by atoms with Gasteiger partial charge in [-0.25, -0.2) is 9.97 Å². The fourth-order valence-corrected chi connectivity index (χ4v) is 4.26. The monoisotopic (exact) mass is 396 g/mol. The van der Waals surface area contributed by atoms with Crippen molar-refractivity contribution in [1.29, 1.82) is 0 Å². The number of aromatic nitrogens is 3. The molecule has 7 heteroatoms. The minimum atomic E-state index is -0.272. The van der Waals surface area contributed by atoms with Gasteiger partial charge in [-0.3, -0.25) is 0 Å².